The molecule has 0 aliphatic carbocycles. The monoisotopic (exact) mass is 627 g/mol. The van der Waals surface area contributed by atoms with Gasteiger partial charge in [0.1, 0.15) is 12.3 Å². The Bertz CT molecular complexity index is 1760. The van der Waals surface area contributed by atoms with Crippen molar-refractivity contribution in [3.8, 4) is 5.75 Å². The minimum absolute atomic E-state index is 0.0130. The van der Waals surface area contributed by atoms with Gasteiger partial charge >= 0.3 is 0 Å². The van der Waals surface area contributed by atoms with Gasteiger partial charge in [-0.25, -0.2) is 31.5 Å². The molecule has 1 amide bonds. The minimum Gasteiger partial charge on any atom is -0.492 e. The van der Waals surface area contributed by atoms with E-state index in [9.17, 15) is 21.6 Å². The van der Waals surface area contributed by atoms with E-state index < -0.39 is 32.5 Å². The summed E-state index contributed by atoms with van der Waals surface area (Å²) in [7, 11) is -8.17. The first-order valence-corrected chi connectivity index (χ1v) is 16.8. The van der Waals surface area contributed by atoms with Gasteiger partial charge in [0.15, 0.2) is 0 Å². The van der Waals surface area contributed by atoms with E-state index in [-0.39, 0.29) is 27.1 Å². The highest BCUT2D eigenvalue weighted by Gasteiger charge is 2.29. The molecule has 4 rings (SSSR count). The van der Waals surface area contributed by atoms with E-state index in [4.69, 9.17) is 4.74 Å². The van der Waals surface area contributed by atoms with Crippen molar-refractivity contribution in [1.82, 2.24) is 9.97 Å². The Morgan fingerprint density at radius 1 is 0.929 bits per heavy atom. The average Bonchev–Trinajstić information content (AvgIpc) is 2.96. The van der Waals surface area contributed by atoms with Crippen LogP contribution in [0.25, 0.3) is 0 Å². The third-order valence-electron chi connectivity index (χ3n) is 5.84. The van der Waals surface area contributed by atoms with Gasteiger partial charge < -0.3 is 10.1 Å². The number of nitrogens with one attached hydrogen (secondary N) is 2. The highest BCUT2D eigenvalue weighted by molar-refractivity contribution is 7.98. The lowest BCUT2D eigenvalue weighted by molar-refractivity contribution is -0.114. The van der Waals surface area contributed by atoms with Crippen LogP contribution in [-0.4, -0.2) is 52.1 Å². The van der Waals surface area contributed by atoms with Crippen LogP contribution < -0.4 is 19.1 Å². The normalized spacial score (nSPS) is 11.5. The molecule has 0 spiro atoms. The van der Waals surface area contributed by atoms with Gasteiger partial charge in [-0.05, 0) is 86.8 Å². The molecule has 1 aromatic heterocycles. The van der Waals surface area contributed by atoms with Gasteiger partial charge in [-0.2, -0.15) is 0 Å². The molecule has 4 aromatic rings. The Balaban J connectivity index is 1.57. The molecule has 0 saturated heterocycles. The number of aromatic nitrogens is 2. The van der Waals surface area contributed by atoms with Crippen LogP contribution in [0.5, 0.6) is 5.75 Å². The number of hydrogen-bond acceptors (Lipinski definition) is 9. The summed E-state index contributed by atoms with van der Waals surface area (Å²) in [5.74, 6) is -0.409. The number of para-hydroxylation sites is 2. The Morgan fingerprint density at radius 3 is 2.24 bits per heavy atom. The fourth-order valence-electron chi connectivity index (χ4n) is 3.84. The highest BCUT2D eigenvalue weighted by Crippen LogP contribution is 2.33. The van der Waals surface area contributed by atoms with Crippen molar-refractivity contribution in [2.45, 2.75) is 28.5 Å². The topological polar surface area (TPSA) is 148 Å². The van der Waals surface area contributed by atoms with E-state index in [0.29, 0.717) is 18.1 Å². The molecule has 42 heavy (non-hydrogen) atoms. The van der Waals surface area contributed by atoms with Crippen molar-refractivity contribution in [2.75, 3.05) is 33.8 Å². The second-order valence-corrected chi connectivity index (χ2v) is 13.2. The van der Waals surface area contributed by atoms with Crippen molar-refractivity contribution in [2.24, 2.45) is 0 Å². The Kier molecular flexibility index (Phi) is 9.70. The van der Waals surface area contributed by atoms with E-state index in [1.807, 2.05) is 6.26 Å². The summed E-state index contributed by atoms with van der Waals surface area (Å²) in [5, 5.41) is 2.64. The van der Waals surface area contributed by atoms with E-state index in [0.717, 1.165) is 9.20 Å². The van der Waals surface area contributed by atoms with E-state index in [1.165, 1.54) is 54.4 Å². The Hall–Kier alpha value is -4.14. The lowest BCUT2D eigenvalue weighted by Crippen LogP contribution is -2.38. The van der Waals surface area contributed by atoms with Crippen LogP contribution in [0.4, 0.5) is 17.3 Å². The molecule has 220 valence electrons. The first-order chi connectivity index (χ1) is 20.0. The Morgan fingerprint density at radius 2 is 1.60 bits per heavy atom. The summed E-state index contributed by atoms with van der Waals surface area (Å²) < 4.78 is 62.1. The maximum Gasteiger partial charge on any atom is 0.264 e. The molecular formula is C28H29N5O6S3. The number of ether oxygens (including phenoxy) is 1. The number of aryl methyl sites for hydroxylation is 1. The number of thioether (sulfide) groups is 1. The molecule has 11 nitrogen and oxygen atoms in total. The molecule has 0 bridgehead atoms. The average molecular weight is 628 g/mol. The molecule has 0 atom stereocenters. The van der Waals surface area contributed by atoms with Gasteiger partial charge in [0, 0.05) is 22.5 Å². The summed E-state index contributed by atoms with van der Waals surface area (Å²) in [5.41, 5.74) is 1.07. The number of rotatable bonds is 12. The number of benzene rings is 3. The number of nitrogens with zero attached hydrogens (tertiary/aromatic N) is 3. The standard InChI is InChI=1S/C28H29N5O6S3/c1-4-39-26-8-6-5-7-25(26)33(42(37,38)24-15-11-22(40-3)12-16-24)19-27(34)31-21-9-13-23(14-10-21)41(35,36)32-28-29-18-17-20(2)30-28/h5-18H,4,19H2,1-3H3,(H,31,34)(H,29,30,32). The van der Waals surface area contributed by atoms with Gasteiger partial charge in [0.25, 0.3) is 20.0 Å². The van der Waals surface area contributed by atoms with Crippen LogP contribution in [0.15, 0.2) is 99.7 Å². The largest absolute Gasteiger partial charge is 0.492 e. The summed E-state index contributed by atoms with van der Waals surface area (Å²) in [6.45, 7) is 3.21. The molecule has 1 heterocycles. The smallest absolute Gasteiger partial charge is 0.264 e. The van der Waals surface area contributed by atoms with Gasteiger partial charge in [0.2, 0.25) is 11.9 Å². The third kappa shape index (κ3) is 7.38. The molecule has 14 heteroatoms. The van der Waals surface area contributed by atoms with Crippen LogP contribution in [0.1, 0.15) is 12.6 Å². The highest BCUT2D eigenvalue weighted by atomic mass is 32.2. The first kappa shape index (κ1) is 30.8. The molecule has 0 aliphatic heterocycles. The molecule has 0 radical (unpaired) electrons. The van der Waals surface area contributed by atoms with E-state index in [1.54, 1.807) is 56.3 Å². The van der Waals surface area contributed by atoms with E-state index >= 15 is 0 Å². The fraction of sp³-hybridized carbons (Fsp3) is 0.179. The zero-order chi connectivity index (χ0) is 30.3. The number of carbonyl (C=O) groups is 1. The second-order valence-electron chi connectivity index (χ2n) is 8.79. The molecule has 3 aromatic carbocycles. The maximum atomic E-state index is 13.8. The van der Waals surface area contributed by atoms with Crippen molar-refractivity contribution in [3.63, 3.8) is 0 Å². The number of anilines is 3. The number of sulfonamides is 2. The predicted molar refractivity (Wildman–Crippen MR) is 163 cm³/mol. The van der Waals surface area contributed by atoms with Gasteiger partial charge in [0.05, 0.1) is 22.1 Å². The van der Waals surface area contributed by atoms with Crippen molar-refractivity contribution in [1.29, 1.82) is 0 Å². The summed E-state index contributed by atoms with van der Waals surface area (Å²) in [4.78, 5) is 22.0. The van der Waals surface area contributed by atoms with Crippen LogP contribution >= 0.6 is 11.8 Å². The molecular weight excluding hydrogens is 599 g/mol. The van der Waals surface area contributed by atoms with Crippen LogP contribution in [-0.2, 0) is 24.8 Å². The van der Waals surface area contributed by atoms with E-state index in [2.05, 4.69) is 20.0 Å². The number of hydrogen-bond donors (Lipinski definition) is 2. The zero-order valence-electron chi connectivity index (χ0n) is 23.0. The van der Waals surface area contributed by atoms with Gasteiger partial charge in [-0.3, -0.25) is 9.10 Å². The molecule has 0 saturated carbocycles. The maximum absolute atomic E-state index is 13.8. The second kappa shape index (κ2) is 13.2. The van der Waals surface area contributed by atoms with Crippen LogP contribution in [0.2, 0.25) is 0 Å². The molecule has 0 aliphatic rings. The SMILES string of the molecule is CCOc1ccccc1N(CC(=O)Nc1ccc(S(=O)(=O)Nc2nccc(C)n2)cc1)S(=O)(=O)c1ccc(SC)cc1. The Labute approximate surface area is 249 Å². The molecule has 0 fully saturated rings. The molecule has 2 N–H and O–H groups in total. The number of amides is 1. The minimum atomic E-state index is -4.18. The summed E-state index contributed by atoms with van der Waals surface area (Å²) in [6, 6.07) is 20.0. The van der Waals surface area contributed by atoms with Crippen LogP contribution in [0, 0.1) is 6.92 Å². The quantitative estimate of drug-likeness (QED) is 0.216. The lowest BCUT2D eigenvalue weighted by Gasteiger charge is -2.26. The van der Waals surface area contributed by atoms with Gasteiger partial charge in [-0.1, -0.05) is 12.1 Å². The zero-order valence-corrected chi connectivity index (χ0v) is 25.5. The fourth-order valence-corrected chi connectivity index (χ4v) is 6.63. The summed E-state index contributed by atoms with van der Waals surface area (Å²) in [6.07, 6.45) is 3.32. The predicted octanol–water partition coefficient (Wildman–Crippen LogP) is 4.54. The van der Waals surface area contributed by atoms with Crippen LogP contribution in [0.3, 0.4) is 0 Å². The summed E-state index contributed by atoms with van der Waals surface area (Å²) >= 11 is 1.48. The van der Waals surface area contributed by atoms with Crippen molar-refractivity contribution < 1.29 is 26.4 Å². The number of carbonyl (C=O) groups excluding carboxylic acids is 1. The lowest BCUT2D eigenvalue weighted by atomic mass is 10.3. The van der Waals surface area contributed by atoms with Crippen molar-refractivity contribution in [3.05, 3.63) is 90.8 Å². The van der Waals surface area contributed by atoms with Gasteiger partial charge in [-0.15, -0.1) is 11.8 Å². The third-order valence-corrected chi connectivity index (χ3v) is 9.70. The van der Waals surface area contributed by atoms with Crippen molar-refractivity contribution >= 4 is 55.0 Å². The molecule has 0 unspecified atom stereocenters. The first-order valence-electron chi connectivity index (χ1n) is 12.6.